The summed E-state index contributed by atoms with van der Waals surface area (Å²) >= 11 is 5.85. The van der Waals surface area contributed by atoms with Crippen LogP contribution < -0.4 is 0 Å². The molecule has 0 unspecified atom stereocenters. The predicted octanol–water partition coefficient (Wildman–Crippen LogP) is 1.91. The molecule has 0 fully saturated rings. The van der Waals surface area contributed by atoms with Gasteiger partial charge in [0.15, 0.2) is 0 Å². The summed E-state index contributed by atoms with van der Waals surface area (Å²) in [5, 5.41) is 9.74. The molecule has 1 aromatic carbocycles. The molecule has 0 atom stereocenters. The highest BCUT2D eigenvalue weighted by molar-refractivity contribution is 6.34. The minimum Gasteiger partial charge on any atom is -0.481 e. The van der Waals surface area contributed by atoms with Crippen LogP contribution in [0, 0.1) is 0 Å². The van der Waals surface area contributed by atoms with Gasteiger partial charge in [0.2, 0.25) is 0 Å². The van der Waals surface area contributed by atoms with Crippen molar-refractivity contribution in [3.05, 3.63) is 35.2 Å². The molecule has 0 spiro atoms. The van der Waals surface area contributed by atoms with Crippen LogP contribution in [0.3, 0.4) is 0 Å². The third-order valence-corrected chi connectivity index (χ3v) is 2.31. The SMILES string of the molecule is O=C(O)Cc1ccc2c(Cl)ncnc2c1. The number of hydrogen-bond donors (Lipinski definition) is 1. The number of carboxylic acid groups (broad SMARTS) is 1. The number of carbonyl (C=O) groups is 1. The largest absolute Gasteiger partial charge is 0.481 e. The molecule has 15 heavy (non-hydrogen) atoms. The lowest BCUT2D eigenvalue weighted by molar-refractivity contribution is -0.136. The number of aliphatic carboxylic acids is 1. The van der Waals surface area contributed by atoms with Crippen molar-refractivity contribution in [1.29, 1.82) is 0 Å². The molecule has 1 N–H and O–H groups in total. The van der Waals surface area contributed by atoms with E-state index in [4.69, 9.17) is 16.7 Å². The molecule has 1 aromatic heterocycles. The fourth-order valence-electron chi connectivity index (χ4n) is 1.35. The smallest absolute Gasteiger partial charge is 0.307 e. The summed E-state index contributed by atoms with van der Waals surface area (Å²) in [4.78, 5) is 18.4. The van der Waals surface area contributed by atoms with E-state index in [1.807, 2.05) is 0 Å². The fourth-order valence-corrected chi connectivity index (χ4v) is 1.56. The Balaban J connectivity index is 2.52. The molecular weight excluding hydrogens is 216 g/mol. The summed E-state index contributed by atoms with van der Waals surface area (Å²) in [5.41, 5.74) is 1.36. The maximum atomic E-state index is 10.5. The lowest BCUT2D eigenvalue weighted by atomic mass is 10.1. The van der Waals surface area contributed by atoms with Crippen LogP contribution in [0.4, 0.5) is 0 Å². The van der Waals surface area contributed by atoms with Crippen LogP contribution >= 0.6 is 11.6 Å². The Morgan fingerprint density at radius 1 is 1.40 bits per heavy atom. The van der Waals surface area contributed by atoms with Gasteiger partial charge in [-0.25, -0.2) is 9.97 Å². The number of rotatable bonds is 2. The van der Waals surface area contributed by atoms with E-state index < -0.39 is 5.97 Å². The van der Waals surface area contributed by atoms with Crippen molar-refractivity contribution in [2.45, 2.75) is 6.42 Å². The normalized spacial score (nSPS) is 10.5. The number of nitrogens with zero attached hydrogens (tertiary/aromatic N) is 2. The first kappa shape index (κ1) is 9.86. The molecule has 76 valence electrons. The number of benzene rings is 1. The Morgan fingerprint density at radius 2 is 2.20 bits per heavy atom. The summed E-state index contributed by atoms with van der Waals surface area (Å²) in [6.45, 7) is 0. The summed E-state index contributed by atoms with van der Waals surface area (Å²) in [6.07, 6.45) is 1.34. The Morgan fingerprint density at radius 3 is 2.93 bits per heavy atom. The van der Waals surface area contributed by atoms with Crippen molar-refractivity contribution in [2.75, 3.05) is 0 Å². The van der Waals surface area contributed by atoms with E-state index in [-0.39, 0.29) is 6.42 Å². The summed E-state index contributed by atoms with van der Waals surface area (Å²) in [6, 6.07) is 5.15. The first-order valence-corrected chi connectivity index (χ1v) is 4.65. The van der Waals surface area contributed by atoms with Gasteiger partial charge in [-0.3, -0.25) is 4.79 Å². The highest BCUT2D eigenvalue weighted by atomic mass is 35.5. The molecule has 0 bridgehead atoms. The van der Waals surface area contributed by atoms with Gasteiger partial charge >= 0.3 is 5.97 Å². The predicted molar refractivity (Wildman–Crippen MR) is 55.9 cm³/mol. The molecular formula is C10H7ClN2O2. The van der Waals surface area contributed by atoms with Gasteiger partial charge in [-0.2, -0.15) is 0 Å². The van der Waals surface area contributed by atoms with Gasteiger partial charge in [-0.15, -0.1) is 0 Å². The molecule has 5 heteroatoms. The van der Waals surface area contributed by atoms with E-state index in [1.54, 1.807) is 18.2 Å². The van der Waals surface area contributed by atoms with Crippen LogP contribution in [0.15, 0.2) is 24.5 Å². The molecule has 2 aromatic rings. The van der Waals surface area contributed by atoms with Crippen LogP contribution in [-0.2, 0) is 11.2 Å². The van der Waals surface area contributed by atoms with Gasteiger partial charge in [0, 0.05) is 5.39 Å². The van der Waals surface area contributed by atoms with Crippen molar-refractivity contribution < 1.29 is 9.90 Å². The first-order valence-electron chi connectivity index (χ1n) is 4.28. The van der Waals surface area contributed by atoms with E-state index in [0.717, 1.165) is 5.39 Å². The molecule has 0 radical (unpaired) electrons. The monoisotopic (exact) mass is 222 g/mol. The van der Waals surface area contributed by atoms with Gasteiger partial charge in [0.05, 0.1) is 11.9 Å². The molecule has 0 aliphatic heterocycles. The summed E-state index contributed by atoms with van der Waals surface area (Å²) < 4.78 is 0. The molecule has 0 saturated heterocycles. The van der Waals surface area contributed by atoms with Crippen molar-refractivity contribution in [2.24, 2.45) is 0 Å². The lowest BCUT2D eigenvalue weighted by Gasteiger charge is -2.01. The number of carboxylic acids is 1. The van der Waals surface area contributed by atoms with Crippen LogP contribution in [0.25, 0.3) is 10.9 Å². The zero-order chi connectivity index (χ0) is 10.8. The Bertz CT molecular complexity index is 528. The van der Waals surface area contributed by atoms with Gasteiger partial charge in [-0.1, -0.05) is 17.7 Å². The number of aromatic nitrogens is 2. The zero-order valence-corrected chi connectivity index (χ0v) is 8.40. The second-order valence-electron chi connectivity index (χ2n) is 3.09. The lowest BCUT2D eigenvalue weighted by Crippen LogP contribution is -1.99. The minimum atomic E-state index is -0.866. The number of halogens is 1. The van der Waals surface area contributed by atoms with Gasteiger partial charge < -0.3 is 5.11 Å². The fraction of sp³-hybridized carbons (Fsp3) is 0.100. The molecule has 0 saturated carbocycles. The molecule has 2 rings (SSSR count). The molecule has 0 amide bonds. The van der Waals surface area contributed by atoms with Crippen LogP contribution in [0.5, 0.6) is 0 Å². The van der Waals surface area contributed by atoms with Crippen molar-refractivity contribution >= 4 is 28.5 Å². The third kappa shape index (κ3) is 2.05. The highest BCUT2D eigenvalue weighted by Gasteiger charge is 2.04. The summed E-state index contributed by atoms with van der Waals surface area (Å²) in [7, 11) is 0. The quantitative estimate of drug-likeness (QED) is 0.789. The molecule has 1 heterocycles. The van der Waals surface area contributed by atoms with E-state index in [1.165, 1.54) is 6.33 Å². The van der Waals surface area contributed by atoms with Crippen molar-refractivity contribution in [1.82, 2.24) is 9.97 Å². The topological polar surface area (TPSA) is 63.1 Å². The average Bonchev–Trinajstić information content (AvgIpc) is 2.17. The molecule has 0 aliphatic rings. The number of hydrogen-bond acceptors (Lipinski definition) is 3. The highest BCUT2D eigenvalue weighted by Crippen LogP contribution is 2.20. The standard InChI is InChI=1S/C10H7ClN2O2/c11-10-7-2-1-6(4-9(14)15)3-8(7)12-5-13-10/h1-3,5H,4H2,(H,14,15). The number of fused-ring (bicyclic) bond motifs is 1. The van der Waals surface area contributed by atoms with Crippen molar-refractivity contribution in [3.8, 4) is 0 Å². The zero-order valence-electron chi connectivity index (χ0n) is 7.64. The van der Waals surface area contributed by atoms with E-state index in [9.17, 15) is 4.79 Å². The Kier molecular flexibility index (Phi) is 2.51. The molecule has 4 nitrogen and oxygen atoms in total. The van der Waals surface area contributed by atoms with E-state index in [0.29, 0.717) is 16.2 Å². The maximum absolute atomic E-state index is 10.5. The minimum absolute atomic E-state index is 0.0163. The van der Waals surface area contributed by atoms with Gasteiger partial charge in [-0.05, 0) is 17.7 Å². The first-order chi connectivity index (χ1) is 7.16. The Hall–Kier alpha value is -1.68. The van der Waals surface area contributed by atoms with Crippen LogP contribution in [0.1, 0.15) is 5.56 Å². The van der Waals surface area contributed by atoms with E-state index >= 15 is 0 Å². The summed E-state index contributed by atoms with van der Waals surface area (Å²) in [5.74, 6) is -0.866. The van der Waals surface area contributed by atoms with E-state index in [2.05, 4.69) is 9.97 Å². The van der Waals surface area contributed by atoms with Gasteiger partial charge in [0.25, 0.3) is 0 Å². The Labute approximate surface area is 90.5 Å². The van der Waals surface area contributed by atoms with Crippen molar-refractivity contribution in [3.63, 3.8) is 0 Å². The van der Waals surface area contributed by atoms with Gasteiger partial charge in [0.1, 0.15) is 11.5 Å². The maximum Gasteiger partial charge on any atom is 0.307 e. The third-order valence-electron chi connectivity index (χ3n) is 2.01. The second kappa shape index (κ2) is 3.82. The van der Waals surface area contributed by atoms with Crippen LogP contribution in [0.2, 0.25) is 5.15 Å². The average molecular weight is 223 g/mol. The molecule has 0 aliphatic carbocycles. The second-order valence-corrected chi connectivity index (χ2v) is 3.44. The van der Waals surface area contributed by atoms with Crippen LogP contribution in [-0.4, -0.2) is 21.0 Å².